The van der Waals surface area contributed by atoms with Gasteiger partial charge in [0.2, 0.25) is 0 Å². The number of aromatic nitrogens is 11. The van der Waals surface area contributed by atoms with Gasteiger partial charge in [0.05, 0.1) is 33.5 Å². The summed E-state index contributed by atoms with van der Waals surface area (Å²) in [5.41, 5.74) is 21.9. The van der Waals surface area contributed by atoms with Crippen LogP contribution in [0, 0.1) is 34.6 Å². The molecular weight excluding hydrogens is 1340 g/mol. The van der Waals surface area contributed by atoms with Gasteiger partial charge in [-0.3, -0.25) is 0 Å². The van der Waals surface area contributed by atoms with E-state index in [1.807, 2.05) is 225 Å². The average molecular weight is 1420 g/mol. The lowest BCUT2D eigenvalue weighted by Gasteiger charge is -2.09. The Labute approximate surface area is 640 Å². The minimum atomic E-state index is 0.686. The number of rotatable bonds is 10. The van der Waals surface area contributed by atoms with Gasteiger partial charge in [-0.2, -0.15) is 0 Å². The van der Waals surface area contributed by atoms with E-state index in [-0.39, 0.29) is 0 Å². The highest BCUT2D eigenvalue weighted by atomic mass is 15.0. The molecule has 19 rings (SSSR count). The zero-order chi connectivity index (χ0) is 75.0. The van der Waals surface area contributed by atoms with Crippen LogP contribution in [0.4, 0.5) is 0 Å². The molecule has 5 heterocycles. The summed E-state index contributed by atoms with van der Waals surface area (Å²) in [5, 5.41) is 4.80. The number of hydrogen-bond acceptors (Lipinski definition) is 10. The van der Waals surface area contributed by atoms with Crippen molar-refractivity contribution in [2.24, 2.45) is 0 Å². The van der Waals surface area contributed by atoms with Crippen molar-refractivity contribution in [2.75, 3.05) is 0 Å². The second-order valence-corrected chi connectivity index (χ2v) is 26.7. The van der Waals surface area contributed by atoms with Gasteiger partial charge in [-0.15, -0.1) is 0 Å². The van der Waals surface area contributed by atoms with Gasteiger partial charge in [0.25, 0.3) is 0 Å². The Morgan fingerprint density at radius 1 is 0.182 bits per heavy atom. The number of benzene rings is 14. The zero-order valence-corrected chi connectivity index (χ0v) is 61.7. The number of para-hydroxylation sites is 4. The summed E-state index contributed by atoms with van der Waals surface area (Å²) < 4.78 is 2.34. The standard InChI is InChI=1S/C22H17N3.2C21H16N2.C19H15N.C16H13N3/c1-16-9-8-14-19(15-16)22-24-20(17-10-4-2-5-11-17)23-21(25-22)18-12-6-3-7-13-18;1-15-8-7-11-17(14-15)20-18-12-5-6-13-19(18)22-21(23-20)16-9-3-2-4-10-16;1-15-11-13-17(14-12-15)21-22-19-10-6-5-9-18(19)20(23-21)16-7-3-2-4-8-16;1-14-11-12-19-17(13-14)16-9-5-6-10-18(16)20(19)15-7-3-2-4-8-15;1-12-17-15(13-8-4-2-5-9-13)19-16(18-12)14-10-6-3-7-11-14/h2-15H,1H3;2*2-14H,1H3;2-13H,1H3;2-11H,1H3. The van der Waals surface area contributed by atoms with Crippen LogP contribution >= 0.6 is 0 Å². The van der Waals surface area contributed by atoms with Crippen molar-refractivity contribution in [3.8, 4) is 108 Å². The van der Waals surface area contributed by atoms with E-state index in [9.17, 15) is 0 Å². The largest absolute Gasteiger partial charge is 0.309 e. The molecule has 11 heteroatoms. The Bertz CT molecular complexity index is 6190. The van der Waals surface area contributed by atoms with Crippen molar-refractivity contribution in [2.45, 2.75) is 34.6 Å². The third-order valence-electron chi connectivity index (χ3n) is 18.5. The van der Waals surface area contributed by atoms with E-state index >= 15 is 0 Å². The summed E-state index contributed by atoms with van der Waals surface area (Å²) >= 11 is 0. The molecule has 0 fully saturated rings. The molecule has 5 aromatic heterocycles. The zero-order valence-electron chi connectivity index (χ0n) is 61.7. The topological polar surface area (TPSA) is 134 Å². The summed E-state index contributed by atoms with van der Waals surface area (Å²) in [6, 6.07) is 128. The van der Waals surface area contributed by atoms with Crippen molar-refractivity contribution in [1.29, 1.82) is 0 Å². The summed E-state index contributed by atoms with van der Waals surface area (Å²) in [4.78, 5) is 46.7. The van der Waals surface area contributed by atoms with Crippen molar-refractivity contribution in [1.82, 2.24) is 54.4 Å². The normalized spacial score (nSPS) is 10.8. The lowest BCUT2D eigenvalue weighted by atomic mass is 10.0. The molecule has 0 spiro atoms. The maximum atomic E-state index is 4.87. The van der Waals surface area contributed by atoms with Crippen LogP contribution in [0.2, 0.25) is 0 Å². The predicted octanol–water partition coefficient (Wildman–Crippen LogP) is 24.3. The number of aryl methyl sites for hydroxylation is 5. The monoisotopic (exact) mass is 1420 g/mol. The molecule has 0 amide bonds. The highest BCUT2D eigenvalue weighted by Gasteiger charge is 2.17. The number of hydrogen-bond donors (Lipinski definition) is 0. The molecule has 0 saturated heterocycles. The van der Waals surface area contributed by atoms with Crippen LogP contribution in [0.1, 0.15) is 28.1 Å². The van der Waals surface area contributed by atoms with Gasteiger partial charge < -0.3 is 4.57 Å². The molecule has 19 aromatic rings. The SMILES string of the molecule is Cc1ccc(-c2nc(-c3ccccc3)c3ccccc3n2)cc1.Cc1ccc2c(c1)c1ccccc1n2-c1ccccc1.Cc1cccc(-c2nc(-c3ccccc3)nc(-c3ccccc3)n2)c1.Cc1cccc(-c2nc(-c3ccccc3)nc3ccccc23)c1.Cc1nc(-c2ccccc2)nc(-c2ccccc2)n1. The molecule has 0 unspecified atom stereocenters. The van der Waals surface area contributed by atoms with Crippen LogP contribution in [0.15, 0.2) is 376 Å². The van der Waals surface area contributed by atoms with Gasteiger partial charge >= 0.3 is 0 Å². The molecule has 0 atom stereocenters. The summed E-state index contributed by atoms with van der Waals surface area (Å²) in [6.45, 7) is 10.3. The molecule has 14 aromatic carbocycles. The summed E-state index contributed by atoms with van der Waals surface area (Å²) in [6.07, 6.45) is 0. The molecule has 0 aliphatic carbocycles. The first kappa shape index (κ1) is 71.2. The lowest BCUT2D eigenvalue weighted by Crippen LogP contribution is -2.00. The quantitative estimate of drug-likeness (QED) is 0.130. The first-order chi connectivity index (χ1) is 54.1. The van der Waals surface area contributed by atoms with E-state index in [0.29, 0.717) is 29.1 Å². The molecule has 528 valence electrons. The molecule has 0 saturated carbocycles. The Hall–Kier alpha value is -14.4. The predicted molar refractivity (Wildman–Crippen MR) is 452 cm³/mol. The second-order valence-electron chi connectivity index (χ2n) is 26.7. The third-order valence-corrected chi connectivity index (χ3v) is 18.5. The van der Waals surface area contributed by atoms with E-state index in [1.165, 1.54) is 49.7 Å². The molecular formula is C99H77N11. The summed E-state index contributed by atoms with van der Waals surface area (Å²) in [5.74, 6) is 5.75. The first-order valence-electron chi connectivity index (χ1n) is 36.7. The maximum absolute atomic E-state index is 4.87. The molecule has 110 heavy (non-hydrogen) atoms. The van der Waals surface area contributed by atoms with E-state index in [0.717, 1.165) is 101 Å². The third kappa shape index (κ3) is 16.9. The molecule has 0 N–H and O–H groups in total. The molecule has 0 aliphatic heterocycles. The van der Waals surface area contributed by atoms with Gasteiger partial charge in [0.15, 0.2) is 40.8 Å². The minimum absolute atomic E-state index is 0.686. The van der Waals surface area contributed by atoms with Gasteiger partial charge in [0, 0.05) is 77.3 Å². The minimum Gasteiger partial charge on any atom is -0.309 e. The Morgan fingerprint density at radius 2 is 0.491 bits per heavy atom. The highest BCUT2D eigenvalue weighted by molar-refractivity contribution is 6.09. The molecule has 0 aliphatic rings. The average Bonchev–Trinajstić information content (AvgIpc) is 1.62. The highest BCUT2D eigenvalue weighted by Crippen LogP contribution is 2.35. The van der Waals surface area contributed by atoms with E-state index in [4.69, 9.17) is 34.9 Å². The van der Waals surface area contributed by atoms with E-state index in [1.54, 1.807) is 0 Å². The lowest BCUT2D eigenvalue weighted by molar-refractivity contribution is 0.992. The fourth-order valence-corrected chi connectivity index (χ4v) is 13.1. The van der Waals surface area contributed by atoms with Crippen molar-refractivity contribution < 1.29 is 0 Å². The van der Waals surface area contributed by atoms with Crippen LogP contribution in [0.25, 0.3) is 152 Å². The first-order valence-corrected chi connectivity index (χ1v) is 36.7. The van der Waals surface area contributed by atoms with Crippen LogP contribution in [-0.4, -0.2) is 54.4 Å². The summed E-state index contributed by atoms with van der Waals surface area (Å²) in [7, 11) is 0. The molecule has 0 bridgehead atoms. The molecule has 0 radical (unpaired) electrons. The Kier molecular flexibility index (Phi) is 21.9. The van der Waals surface area contributed by atoms with Crippen molar-refractivity contribution in [3.05, 3.63) is 404 Å². The van der Waals surface area contributed by atoms with E-state index < -0.39 is 0 Å². The van der Waals surface area contributed by atoms with Gasteiger partial charge in [0.1, 0.15) is 5.82 Å². The van der Waals surface area contributed by atoms with Gasteiger partial charge in [-0.1, -0.05) is 344 Å². The van der Waals surface area contributed by atoms with Gasteiger partial charge in [-0.05, 0) is 89.2 Å². The molecule has 11 nitrogen and oxygen atoms in total. The van der Waals surface area contributed by atoms with Crippen LogP contribution in [0.5, 0.6) is 0 Å². The fraction of sp³-hybridized carbons (Fsp3) is 0.0505. The Morgan fingerprint density at radius 3 is 0.945 bits per heavy atom. The van der Waals surface area contributed by atoms with Crippen LogP contribution in [0.3, 0.4) is 0 Å². The van der Waals surface area contributed by atoms with Crippen LogP contribution in [-0.2, 0) is 0 Å². The van der Waals surface area contributed by atoms with Crippen LogP contribution < -0.4 is 0 Å². The second kappa shape index (κ2) is 33.8. The Balaban J connectivity index is 0.000000110. The van der Waals surface area contributed by atoms with Gasteiger partial charge in [-0.25, -0.2) is 49.8 Å². The van der Waals surface area contributed by atoms with Crippen molar-refractivity contribution >= 4 is 43.6 Å². The van der Waals surface area contributed by atoms with Crippen molar-refractivity contribution in [3.63, 3.8) is 0 Å². The number of nitrogens with zero attached hydrogens (tertiary/aromatic N) is 11. The smallest absolute Gasteiger partial charge is 0.164 e. The van der Waals surface area contributed by atoms with E-state index in [2.05, 4.69) is 205 Å². The fourth-order valence-electron chi connectivity index (χ4n) is 13.1. The maximum Gasteiger partial charge on any atom is 0.164 e. The number of fused-ring (bicyclic) bond motifs is 5.